The van der Waals surface area contributed by atoms with Gasteiger partial charge in [-0.05, 0) is 19.8 Å². The average molecular weight is 320 g/mol. The summed E-state index contributed by atoms with van der Waals surface area (Å²) < 4.78 is 25.7. The lowest BCUT2D eigenvalue weighted by Gasteiger charge is -2.30. The zero-order valence-electron chi connectivity index (χ0n) is 12.6. The van der Waals surface area contributed by atoms with Crippen molar-refractivity contribution >= 4 is 10.0 Å². The number of nitrogens with one attached hydrogen (secondary N) is 1. The normalized spacial score (nSPS) is 20.1. The summed E-state index contributed by atoms with van der Waals surface area (Å²) in [6.45, 7) is 2.77. The van der Waals surface area contributed by atoms with Crippen LogP contribution in [-0.2, 0) is 10.0 Å². The zero-order valence-corrected chi connectivity index (χ0v) is 13.4. The fourth-order valence-electron chi connectivity index (χ4n) is 2.77. The molecule has 1 aliphatic rings. The van der Waals surface area contributed by atoms with Gasteiger partial charge >= 0.3 is 0 Å². The molecule has 22 heavy (non-hydrogen) atoms. The lowest BCUT2D eigenvalue weighted by atomic mass is 9.99. The van der Waals surface area contributed by atoms with Crippen LogP contribution >= 0.6 is 0 Å². The van der Waals surface area contributed by atoms with Crippen LogP contribution in [-0.4, -0.2) is 46.7 Å². The SMILES string of the molecule is CCS(=O)(=O)N1CCCC(c2nc(-c3ccccc3)n[nH]2)C1. The minimum Gasteiger partial charge on any atom is -0.262 e. The number of nitrogens with zero attached hydrogens (tertiary/aromatic N) is 3. The fraction of sp³-hybridized carbons (Fsp3) is 0.467. The quantitative estimate of drug-likeness (QED) is 0.934. The van der Waals surface area contributed by atoms with Crippen LogP contribution < -0.4 is 0 Å². The van der Waals surface area contributed by atoms with Gasteiger partial charge in [0, 0.05) is 24.6 Å². The van der Waals surface area contributed by atoms with Gasteiger partial charge in [0.2, 0.25) is 10.0 Å². The maximum Gasteiger partial charge on any atom is 0.213 e. The van der Waals surface area contributed by atoms with Crippen LogP contribution in [0, 0.1) is 0 Å². The van der Waals surface area contributed by atoms with Crippen molar-refractivity contribution in [3.63, 3.8) is 0 Å². The maximum atomic E-state index is 12.0. The number of rotatable bonds is 4. The van der Waals surface area contributed by atoms with E-state index in [1.807, 2.05) is 30.3 Å². The van der Waals surface area contributed by atoms with Crippen LogP contribution in [0.3, 0.4) is 0 Å². The highest BCUT2D eigenvalue weighted by molar-refractivity contribution is 7.89. The Morgan fingerprint density at radius 2 is 2.09 bits per heavy atom. The van der Waals surface area contributed by atoms with E-state index < -0.39 is 10.0 Å². The van der Waals surface area contributed by atoms with Crippen LogP contribution in [0.15, 0.2) is 30.3 Å². The molecule has 1 aromatic heterocycles. The van der Waals surface area contributed by atoms with Gasteiger partial charge in [-0.3, -0.25) is 5.10 Å². The van der Waals surface area contributed by atoms with Gasteiger partial charge in [0.25, 0.3) is 0 Å². The van der Waals surface area contributed by atoms with E-state index in [1.54, 1.807) is 11.2 Å². The molecule has 0 bridgehead atoms. The van der Waals surface area contributed by atoms with Crippen molar-refractivity contribution in [2.24, 2.45) is 0 Å². The summed E-state index contributed by atoms with van der Waals surface area (Å²) >= 11 is 0. The van der Waals surface area contributed by atoms with Crippen molar-refractivity contribution in [3.8, 4) is 11.4 Å². The predicted octanol–water partition coefficient (Wildman–Crippen LogP) is 2.00. The first kappa shape index (κ1) is 15.2. The van der Waals surface area contributed by atoms with E-state index in [9.17, 15) is 8.42 Å². The molecule has 0 saturated carbocycles. The molecule has 1 atom stereocenters. The second-order valence-corrected chi connectivity index (χ2v) is 7.77. The number of aromatic amines is 1. The summed E-state index contributed by atoms with van der Waals surface area (Å²) in [4.78, 5) is 4.56. The molecule has 1 fully saturated rings. The molecule has 1 unspecified atom stereocenters. The molecule has 1 N–H and O–H groups in total. The van der Waals surface area contributed by atoms with Crippen LogP contribution in [0.25, 0.3) is 11.4 Å². The Morgan fingerprint density at radius 1 is 1.32 bits per heavy atom. The van der Waals surface area contributed by atoms with E-state index in [-0.39, 0.29) is 11.7 Å². The third kappa shape index (κ3) is 3.05. The Hall–Kier alpha value is -1.73. The lowest BCUT2D eigenvalue weighted by molar-refractivity contribution is 0.310. The molecule has 0 amide bonds. The van der Waals surface area contributed by atoms with E-state index in [0.717, 1.165) is 24.2 Å². The maximum absolute atomic E-state index is 12.0. The number of sulfonamides is 1. The van der Waals surface area contributed by atoms with Crippen molar-refractivity contribution in [3.05, 3.63) is 36.2 Å². The average Bonchev–Trinajstić information content (AvgIpc) is 3.06. The molecule has 118 valence electrons. The van der Waals surface area contributed by atoms with E-state index in [4.69, 9.17) is 0 Å². The van der Waals surface area contributed by atoms with Gasteiger partial charge in [-0.15, -0.1) is 0 Å². The Balaban J connectivity index is 1.79. The van der Waals surface area contributed by atoms with Gasteiger partial charge in [0.15, 0.2) is 5.82 Å². The number of H-pyrrole nitrogens is 1. The molecule has 0 aliphatic carbocycles. The van der Waals surface area contributed by atoms with Crippen LogP contribution in [0.4, 0.5) is 0 Å². The highest BCUT2D eigenvalue weighted by Gasteiger charge is 2.30. The van der Waals surface area contributed by atoms with E-state index in [1.165, 1.54) is 0 Å². The molecule has 3 rings (SSSR count). The van der Waals surface area contributed by atoms with Crippen molar-refractivity contribution < 1.29 is 8.42 Å². The van der Waals surface area contributed by atoms with Gasteiger partial charge in [0.1, 0.15) is 5.82 Å². The molecular formula is C15H20N4O2S. The molecule has 0 spiro atoms. The first-order valence-electron chi connectivity index (χ1n) is 7.55. The van der Waals surface area contributed by atoms with Gasteiger partial charge in [0.05, 0.1) is 5.75 Å². The number of hydrogen-bond donors (Lipinski definition) is 1. The van der Waals surface area contributed by atoms with Gasteiger partial charge in [-0.2, -0.15) is 5.10 Å². The van der Waals surface area contributed by atoms with Gasteiger partial charge in [-0.25, -0.2) is 17.7 Å². The minimum atomic E-state index is -3.14. The molecule has 2 aromatic rings. The molecule has 1 aliphatic heterocycles. The summed E-state index contributed by atoms with van der Waals surface area (Å²) in [6.07, 6.45) is 1.78. The Labute approximate surface area is 130 Å². The minimum absolute atomic E-state index is 0.0834. The summed E-state index contributed by atoms with van der Waals surface area (Å²) in [6, 6.07) is 9.76. The van der Waals surface area contributed by atoms with Gasteiger partial charge in [-0.1, -0.05) is 30.3 Å². The van der Waals surface area contributed by atoms with Crippen LogP contribution in [0.1, 0.15) is 31.5 Å². The number of benzene rings is 1. The van der Waals surface area contributed by atoms with Gasteiger partial charge < -0.3 is 0 Å². The molecular weight excluding hydrogens is 300 g/mol. The number of piperidine rings is 1. The first-order valence-corrected chi connectivity index (χ1v) is 9.16. The third-order valence-corrected chi connectivity index (χ3v) is 5.91. The van der Waals surface area contributed by atoms with E-state index >= 15 is 0 Å². The van der Waals surface area contributed by atoms with Crippen LogP contribution in [0.5, 0.6) is 0 Å². The Kier molecular flexibility index (Phi) is 4.26. The first-order chi connectivity index (χ1) is 10.6. The fourth-order valence-corrected chi connectivity index (χ4v) is 3.95. The Bertz CT molecular complexity index is 727. The largest absolute Gasteiger partial charge is 0.262 e. The number of aromatic nitrogens is 3. The molecule has 7 heteroatoms. The second-order valence-electron chi connectivity index (χ2n) is 5.51. The van der Waals surface area contributed by atoms with E-state index in [0.29, 0.717) is 18.9 Å². The number of hydrogen-bond acceptors (Lipinski definition) is 4. The molecule has 2 heterocycles. The molecule has 6 nitrogen and oxygen atoms in total. The Morgan fingerprint density at radius 3 is 2.82 bits per heavy atom. The van der Waals surface area contributed by atoms with Crippen molar-refractivity contribution in [2.45, 2.75) is 25.7 Å². The highest BCUT2D eigenvalue weighted by Crippen LogP contribution is 2.27. The smallest absolute Gasteiger partial charge is 0.213 e. The highest BCUT2D eigenvalue weighted by atomic mass is 32.2. The van der Waals surface area contributed by atoms with Crippen molar-refractivity contribution in [1.29, 1.82) is 0 Å². The summed E-state index contributed by atoms with van der Waals surface area (Å²) in [5, 5.41) is 7.25. The second kappa shape index (κ2) is 6.18. The van der Waals surface area contributed by atoms with E-state index in [2.05, 4.69) is 15.2 Å². The predicted molar refractivity (Wildman–Crippen MR) is 84.8 cm³/mol. The monoisotopic (exact) mass is 320 g/mol. The summed E-state index contributed by atoms with van der Waals surface area (Å²) in [5.41, 5.74) is 0.957. The van der Waals surface area contributed by atoms with Crippen molar-refractivity contribution in [2.75, 3.05) is 18.8 Å². The molecule has 0 radical (unpaired) electrons. The molecule has 1 aromatic carbocycles. The van der Waals surface area contributed by atoms with Crippen LogP contribution in [0.2, 0.25) is 0 Å². The van der Waals surface area contributed by atoms with Crippen molar-refractivity contribution in [1.82, 2.24) is 19.5 Å². The summed E-state index contributed by atoms with van der Waals surface area (Å²) in [7, 11) is -3.14. The standard InChI is InChI=1S/C15H20N4O2S/c1-2-22(20,21)19-10-6-9-13(11-19)15-16-14(17-18-15)12-7-4-3-5-8-12/h3-5,7-8,13H,2,6,9-11H2,1H3,(H,16,17,18). The summed E-state index contributed by atoms with van der Waals surface area (Å²) in [5.74, 6) is 1.66. The topological polar surface area (TPSA) is 79.0 Å². The molecule has 1 saturated heterocycles. The lowest BCUT2D eigenvalue weighted by Crippen LogP contribution is -2.40. The zero-order chi connectivity index (χ0) is 15.6. The third-order valence-electron chi connectivity index (χ3n) is 4.06.